The minimum absolute atomic E-state index is 0. The van der Waals surface area contributed by atoms with Gasteiger partial charge in [-0.2, -0.15) is 0 Å². The molecular formula is C31H24Cl2N3NaO4S. The molecule has 0 aliphatic rings. The van der Waals surface area contributed by atoms with Crippen LogP contribution in [0.1, 0.15) is 12.5 Å². The zero-order chi connectivity index (χ0) is 29.1. The van der Waals surface area contributed by atoms with Gasteiger partial charge in [0.15, 0.2) is 4.77 Å². The number of nitrogens with zero attached hydrogens (tertiary/aromatic N) is 3. The Kier molecular flexibility index (Phi) is 10.5. The molecule has 0 aliphatic carbocycles. The Morgan fingerprint density at radius 1 is 0.929 bits per heavy atom. The number of carboxylic acid groups (broad SMARTS) is 1. The van der Waals surface area contributed by atoms with Gasteiger partial charge in [-0.1, -0.05) is 59.6 Å². The topological polar surface area (TPSA) is 79.5 Å². The monoisotopic (exact) mass is 627 g/mol. The van der Waals surface area contributed by atoms with Crippen molar-refractivity contribution in [2.24, 2.45) is 0 Å². The maximum atomic E-state index is 13.8. The summed E-state index contributed by atoms with van der Waals surface area (Å²) in [6.45, 7) is 2.55. The molecule has 0 saturated heterocycles. The number of fused-ring (bicyclic) bond motifs is 1. The van der Waals surface area contributed by atoms with Crippen LogP contribution < -0.4 is 49.9 Å². The molecule has 0 N–H and O–H groups in total. The standard InChI is InChI=1S/C31H25Cl2N3O4S.Na/c1-2-40-22-16-14-21(15-17-22)34(26-12-5-3-8-20(26)18-28(37)38)19-35-27-13-6-4-9-23(27)30(39)36(31(35)41)29-24(32)10-7-11-25(29)33;/h3-17H,2,18-19H2,1H3,(H,37,38);/q;+1/p-1. The van der Waals surface area contributed by atoms with Gasteiger partial charge in [-0.3, -0.25) is 9.36 Å². The fraction of sp³-hybridized carbons (Fsp3) is 0.129. The van der Waals surface area contributed by atoms with Crippen LogP contribution in [0.2, 0.25) is 10.0 Å². The maximum Gasteiger partial charge on any atom is 1.00 e. The molecule has 0 spiro atoms. The molecular weight excluding hydrogens is 604 g/mol. The van der Waals surface area contributed by atoms with Crippen molar-refractivity contribution in [2.75, 3.05) is 11.5 Å². The zero-order valence-corrected chi connectivity index (χ0v) is 27.2. The Morgan fingerprint density at radius 3 is 2.24 bits per heavy atom. The second-order valence-corrected chi connectivity index (χ2v) is 10.3. The molecule has 0 radical (unpaired) electrons. The zero-order valence-electron chi connectivity index (χ0n) is 22.9. The fourth-order valence-electron chi connectivity index (χ4n) is 4.76. The van der Waals surface area contributed by atoms with Crippen LogP contribution >= 0.6 is 35.4 Å². The number of hydrogen-bond acceptors (Lipinski definition) is 6. The molecule has 0 atom stereocenters. The van der Waals surface area contributed by atoms with Gasteiger partial charge in [0, 0.05) is 23.8 Å². The summed E-state index contributed by atoms with van der Waals surface area (Å²) in [4.78, 5) is 27.4. The number of carbonyl (C=O) groups excluding carboxylic acids is 1. The van der Waals surface area contributed by atoms with Crippen LogP contribution in [0.25, 0.3) is 16.6 Å². The Bertz CT molecular complexity index is 1860. The van der Waals surface area contributed by atoms with E-state index < -0.39 is 5.97 Å². The summed E-state index contributed by atoms with van der Waals surface area (Å²) in [6.07, 6.45) is -0.287. The molecule has 0 fully saturated rings. The fourth-order valence-corrected chi connectivity index (χ4v) is 5.66. The van der Waals surface area contributed by atoms with Crippen molar-refractivity contribution in [3.05, 3.63) is 122 Å². The van der Waals surface area contributed by atoms with E-state index in [0.29, 0.717) is 34.5 Å². The number of benzene rings is 4. The molecule has 4 aromatic carbocycles. The van der Waals surface area contributed by atoms with Crippen LogP contribution in [0, 0.1) is 4.77 Å². The van der Waals surface area contributed by atoms with Crippen LogP contribution in [-0.4, -0.2) is 21.7 Å². The minimum atomic E-state index is -1.20. The van der Waals surface area contributed by atoms with E-state index in [9.17, 15) is 14.7 Å². The molecule has 42 heavy (non-hydrogen) atoms. The third kappa shape index (κ3) is 6.44. The van der Waals surface area contributed by atoms with Crippen LogP contribution in [-0.2, 0) is 17.9 Å². The van der Waals surface area contributed by atoms with E-state index in [4.69, 9.17) is 40.2 Å². The minimum Gasteiger partial charge on any atom is -0.550 e. The number of aromatic nitrogens is 2. The van der Waals surface area contributed by atoms with Crippen molar-refractivity contribution in [3.63, 3.8) is 0 Å². The first-order chi connectivity index (χ1) is 19.8. The Balaban J connectivity index is 0.00000405. The molecule has 0 amide bonds. The number of halogens is 2. The third-order valence-corrected chi connectivity index (χ3v) is 7.58. The first kappa shape index (κ1) is 31.8. The van der Waals surface area contributed by atoms with Crippen molar-refractivity contribution in [2.45, 2.75) is 20.0 Å². The van der Waals surface area contributed by atoms with Gasteiger partial charge in [-0.15, -0.1) is 0 Å². The molecule has 0 bridgehead atoms. The van der Waals surface area contributed by atoms with E-state index >= 15 is 0 Å². The number of carbonyl (C=O) groups is 1. The van der Waals surface area contributed by atoms with Crippen molar-refractivity contribution < 1.29 is 44.2 Å². The van der Waals surface area contributed by atoms with Crippen molar-refractivity contribution >= 4 is 63.7 Å². The summed E-state index contributed by atoms with van der Waals surface area (Å²) in [6, 6.07) is 26.7. The Labute approximate surface area is 279 Å². The predicted molar refractivity (Wildman–Crippen MR) is 163 cm³/mol. The number of rotatable bonds is 9. The van der Waals surface area contributed by atoms with E-state index in [2.05, 4.69) is 0 Å². The summed E-state index contributed by atoms with van der Waals surface area (Å²) < 4.78 is 8.94. The van der Waals surface area contributed by atoms with Gasteiger partial charge in [0.25, 0.3) is 5.56 Å². The van der Waals surface area contributed by atoms with Gasteiger partial charge >= 0.3 is 29.6 Å². The number of carboxylic acids is 1. The van der Waals surface area contributed by atoms with Gasteiger partial charge < -0.3 is 19.5 Å². The first-order valence-electron chi connectivity index (χ1n) is 12.8. The average Bonchev–Trinajstić information content (AvgIpc) is 2.96. The molecule has 0 saturated carbocycles. The number of hydrogen-bond donors (Lipinski definition) is 0. The van der Waals surface area contributed by atoms with Crippen LogP contribution in [0.15, 0.2) is 95.8 Å². The average molecular weight is 629 g/mol. The van der Waals surface area contributed by atoms with Crippen molar-refractivity contribution in [3.8, 4) is 11.4 Å². The van der Waals surface area contributed by atoms with E-state index in [-0.39, 0.29) is 68.7 Å². The smallest absolute Gasteiger partial charge is 0.550 e. The molecule has 208 valence electrons. The first-order valence-corrected chi connectivity index (χ1v) is 13.9. The Hall–Kier alpha value is -3.11. The van der Waals surface area contributed by atoms with E-state index in [1.165, 1.54) is 4.57 Å². The van der Waals surface area contributed by atoms with Gasteiger partial charge in [-0.05, 0) is 79.3 Å². The molecule has 1 heterocycles. The summed E-state index contributed by atoms with van der Waals surface area (Å²) in [5.74, 6) is -0.503. The third-order valence-electron chi connectivity index (χ3n) is 6.57. The van der Waals surface area contributed by atoms with Gasteiger partial charge in [0.05, 0.1) is 33.2 Å². The molecule has 5 aromatic rings. The SMILES string of the molecule is CCOc1ccc(N(Cn2c(=S)n(-c3c(Cl)cccc3Cl)c(=O)c3ccccc32)c2ccccc2CC(=O)[O-])cc1.[Na+]. The number of anilines is 2. The molecule has 5 rings (SSSR count). The molecule has 0 aliphatic heterocycles. The summed E-state index contributed by atoms with van der Waals surface area (Å²) in [7, 11) is 0. The molecule has 1 aromatic heterocycles. The van der Waals surface area contributed by atoms with Gasteiger partial charge in [0.2, 0.25) is 0 Å². The normalized spacial score (nSPS) is 10.7. The number of aliphatic carboxylic acids is 1. The molecule has 11 heteroatoms. The maximum absolute atomic E-state index is 13.8. The van der Waals surface area contributed by atoms with Gasteiger partial charge in [0.1, 0.15) is 12.4 Å². The van der Waals surface area contributed by atoms with Crippen molar-refractivity contribution in [1.82, 2.24) is 9.13 Å². The van der Waals surface area contributed by atoms with Crippen LogP contribution in [0.3, 0.4) is 0 Å². The number of ether oxygens (including phenoxy) is 1. The second kappa shape index (κ2) is 13.9. The predicted octanol–water partition coefficient (Wildman–Crippen LogP) is 3.32. The second-order valence-electron chi connectivity index (χ2n) is 9.11. The van der Waals surface area contributed by atoms with Gasteiger partial charge in [-0.25, -0.2) is 4.57 Å². The van der Waals surface area contributed by atoms with Crippen LogP contribution in [0.5, 0.6) is 5.75 Å². The van der Waals surface area contributed by atoms with E-state index in [1.54, 1.807) is 47.0 Å². The largest absolute Gasteiger partial charge is 1.00 e. The Morgan fingerprint density at radius 2 is 1.57 bits per heavy atom. The van der Waals surface area contributed by atoms with Crippen molar-refractivity contribution in [1.29, 1.82) is 0 Å². The van der Waals surface area contributed by atoms with E-state index in [0.717, 1.165) is 5.69 Å². The molecule has 0 unspecified atom stereocenters. The quantitative estimate of drug-likeness (QED) is 0.184. The molecule has 7 nitrogen and oxygen atoms in total. The van der Waals surface area contributed by atoms with E-state index in [1.807, 2.05) is 60.4 Å². The van der Waals surface area contributed by atoms with Crippen LogP contribution in [0.4, 0.5) is 11.4 Å². The summed E-state index contributed by atoms with van der Waals surface area (Å²) in [5.41, 5.74) is 2.46. The number of para-hydroxylation sites is 3. The summed E-state index contributed by atoms with van der Waals surface area (Å²) in [5, 5.41) is 12.6. The summed E-state index contributed by atoms with van der Waals surface area (Å²) >= 11 is 19.0.